The van der Waals surface area contributed by atoms with Gasteiger partial charge in [0, 0.05) is 13.0 Å². The molecule has 4 atom stereocenters. The minimum atomic E-state index is -0.108. The van der Waals surface area contributed by atoms with Crippen LogP contribution in [0.15, 0.2) is 5.16 Å². The van der Waals surface area contributed by atoms with Crippen molar-refractivity contribution in [1.82, 2.24) is 0 Å². The van der Waals surface area contributed by atoms with Gasteiger partial charge in [0.05, 0.1) is 12.1 Å². The molecule has 0 aromatic carbocycles. The highest BCUT2D eigenvalue weighted by atomic mass is 16.6. The van der Waals surface area contributed by atoms with Crippen LogP contribution < -0.4 is 5.73 Å². The summed E-state index contributed by atoms with van der Waals surface area (Å²) >= 11 is 0. The van der Waals surface area contributed by atoms with Gasteiger partial charge in [-0.05, 0) is 37.0 Å². The number of ether oxygens (including phenoxy) is 1. The third kappa shape index (κ3) is 4.70. The molecule has 2 aliphatic rings. The summed E-state index contributed by atoms with van der Waals surface area (Å²) in [6.45, 7) is 7.15. The average Bonchev–Trinajstić information content (AvgIpc) is 2.93. The van der Waals surface area contributed by atoms with Crippen LogP contribution in [-0.4, -0.2) is 30.4 Å². The first-order valence-corrected chi connectivity index (χ1v) is 8.60. The van der Waals surface area contributed by atoms with Crippen LogP contribution in [0, 0.1) is 17.8 Å². The van der Waals surface area contributed by atoms with E-state index in [9.17, 15) is 4.79 Å². The van der Waals surface area contributed by atoms with Crippen molar-refractivity contribution in [2.75, 3.05) is 6.54 Å². The van der Waals surface area contributed by atoms with E-state index in [1.54, 1.807) is 0 Å². The number of carbonyl (C=O) groups excluding carboxylic acids is 1. The fourth-order valence-electron chi connectivity index (χ4n) is 3.48. The second-order valence-electron chi connectivity index (χ2n) is 7.18. The number of esters is 1. The normalized spacial score (nSPS) is 31.8. The van der Waals surface area contributed by atoms with Crippen molar-refractivity contribution >= 4 is 11.7 Å². The first kappa shape index (κ1) is 17.3. The third-order valence-corrected chi connectivity index (χ3v) is 4.92. The van der Waals surface area contributed by atoms with Gasteiger partial charge in [-0.3, -0.25) is 4.79 Å². The van der Waals surface area contributed by atoms with Crippen LogP contribution in [0.2, 0.25) is 0 Å². The first-order valence-electron chi connectivity index (χ1n) is 8.60. The van der Waals surface area contributed by atoms with Crippen molar-refractivity contribution in [3.05, 3.63) is 0 Å². The lowest BCUT2D eigenvalue weighted by molar-refractivity contribution is -0.155. The van der Waals surface area contributed by atoms with Crippen LogP contribution in [0.5, 0.6) is 0 Å². The number of hydrogen-bond donors (Lipinski definition) is 1. The Morgan fingerprint density at radius 1 is 1.45 bits per heavy atom. The summed E-state index contributed by atoms with van der Waals surface area (Å²) in [4.78, 5) is 17.3. The van der Waals surface area contributed by atoms with Crippen LogP contribution in [0.4, 0.5) is 0 Å². The Labute approximate surface area is 133 Å². The third-order valence-electron chi connectivity index (χ3n) is 4.92. The molecule has 2 rings (SSSR count). The summed E-state index contributed by atoms with van der Waals surface area (Å²) in [5, 5.41) is 3.99. The second-order valence-corrected chi connectivity index (χ2v) is 7.18. The molecule has 1 aliphatic heterocycles. The summed E-state index contributed by atoms with van der Waals surface area (Å²) in [5.41, 5.74) is 6.46. The Balaban J connectivity index is 1.77. The Morgan fingerprint density at radius 3 is 2.86 bits per heavy atom. The van der Waals surface area contributed by atoms with E-state index in [1.807, 2.05) is 0 Å². The molecule has 1 aliphatic carbocycles. The van der Waals surface area contributed by atoms with Crippen molar-refractivity contribution in [1.29, 1.82) is 0 Å². The lowest BCUT2D eigenvalue weighted by atomic mass is 9.75. The van der Waals surface area contributed by atoms with Gasteiger partial charge in [-0.1, -0.05) is 32.3 Å². The molecule has 126 valence electrons. The number of hydrogen-bond acceptors (Lipinski definition) is 5. The lowest BCUT2D eigenvalue weighted by Gasteiger charge is -2.36. The number of carbonyl (C=O) groups is 1. The van der Waals surface area contributed by atoms with Gasteiger partial charge in [-0.2, -0.15) is 0 Å². The Morgan fingerprint density at radius 2 is 2.23 bits per heavy atom. The van der Waals surface area contributed by atoms with Gasteiger partial charge in [0.1, 0.15) is 12.2 Å². The van der Waals surface area contributed by atoms with Crippen molar-refractivity contribution in [3.63, 3.8) is 0 Å². The van der Waals surface area contributed by atoms with Gasteiger partial charge in [0.25, 0.3) is 0 Å². The molecule has 0 amide bonds. The fourth-order valence-corrected chi connectivity index (χ4v) is 3.48. The zero-order valence-corrected chi connectivity index (χ0v) is 14.1. The van der Waals surface area contributed by atoms with Crippen molar-refractivity contribution in [2.45, 2.75) is 71.5 Å². The minimum Gasteiger partial charge on any atom is -0.462 e. The second kappa shape index (κ2) is 7.95. The molecule has 22 heavy (non-hydrogen) atoms. The standard InChI is InChI=1S/C17H30N2O3/c1-11(2)15-6-4-12(3)8-16(15)21-17(20)7-5-13-9-14(10-18)22-19-13/h11-12,14-16H,4-10,18H2,1-3H3/t12?,14-,15-,16+/m1/s1. The van der Waals surface area contributed by atoms with Gasteiger partial charge >= 0.3 is 5.97 Å². The van der Waals surface area contributed by atoms with Crippen molar-refractivity contribution in [3.8, 4) is 0 Å². The first-order chi connectivity index (χ1) is 10.5. The van der Waals surface area contributed by atoms with E-state index in [-0.39, 0.29) is 18.2 Å². The van der Waals surface area contributed by atoms with Crippen molar-refractivity contribution in [2.24, 2.45) is 28.6 Å². The van der Waals surface area contributed by atoms with E-state index in [0.717, 1.165) is 25.0 Å². The van der Waals surface area contributed by atoms with E-state index in [4.69, 9.17) is 15.3 Å². The quantitative estimate of drug-likeness (QED) is 0.766. The maximum atomic E-state index is 12.2. The number of rotatable bonds is 6. The molecule has 1 fully saturated rings. The molecular weight excluding hydrogens is 280 g/mol. The Hall–Kier alpha value is -1.10. The molecule has 1 heterocycles. The largest absolute Gasteiger partial charge is 0.462 e. The molecule has 0 radical (unpaired) electrons. The molecule has 0 saturated heterocycles. The minimum absolute atomic E-state index is 0.0180. The van der Waals surface area contributed by atoms with Crippen molar-refractivity contribution < 1.29 is 14.4 Å². The zero-order valence-electron chi connectivity index (χ0n) is 14.1. The van der Waals surface area contributed by atoms with Gasteiger partial charge in [0.15, 0.2) is 0 Å². The highest BCUT2D eigenvalue weighted by Gasteiger charge is 2.33. The lowest BCUT2D eigenvalue weighted by Crippen LogP contribution is -2.35. The summed E-state index contributed by atoms with van der Waals surface area (Å²) in [6, 6.07) is 0. The van der Waals surface area contributed by atoms with E-state index in [1.165, 1.54) is 6.42 Å². The highest BCUT2D eigenvalue weighted by molar-refractivity contribution is 5.88. The highest BCUT2D eigenvalue weighted by Crippen LogP contribution is 2.35. The molecule has 5 heteroatoms. The number of oxime groups is 1. The molecule has 5 nitrogen and oxygen atoms in total. The molecule has 0 spiro atoms. The molecule has 1 saturated carbocycles. The maximum Gasteiger partial charge on any atom is 0.306 e. The van der Waals surface area contributed by atoms with E-state index in [0.29, 0.717) is 37.1 Å². The van der Waals surface area contributed by atoms with Crippen LogP contribution in [0.1, 0.15) is 59.3 Å². The van der Waals surface area contributed by atoms with Gasteiger partial charge < -0.3 is 15.3 Å². The SMILES string of the molecule is CC1CC[C@H](C(C)C)[C@@H](OC(=O)CCC2=NO[C@@H](CN)C2)C1. The Kier molecular flexibility index (Phi) is 6.24. The predicted molar refractivity (Wildman–Crippen MR) is 86.4 cm³/mol. The monoisotopic (exact) mass is 310 g/mol. The molecular formula is C17H30N2O3. The summed E-state index contributed by atoms with van der Waals surface area (Å²) < 4.78 is 5.79. The zero-order chi connectivity index (χ0) is 16.1. The maximum absolute atomic E-state index is 12.2. The smallest absolute Gasteiger partial charge is 0.306 e. The fraction of sp³-hybridized carbons (Fsp3) is 0.882. The summed E-state index contributed by atoms with van der Waals surface area (Å²) in [7, 11) is 0. The van der Waals surface area contributed by atoms with Crippen LogP contribution in [0.3, 0.4) is 0 Å². The van der Waals surface area contributed by atoms with Gasteiger partial charge in [-0.25, -0.2) is 0 Å². The topological polar surface area (TPSA) is 73.9 Å². The van der Waals surface area contributed by atoms with Crippen LogP contribution in [-0.2, 0) is 14.4 Å². The predicted octanol–water partition coefficient (Wildman–Crippen LogP) is 2.87. The van der Waals surface area contributed by atoms with E-state index < -0.39 is 0 Å². The van der Waals surface area contributed by atoms with Crippen LogP contribution in [0.25, 0.3) is 0 Å². The molecule has 0 aromatic heterocycles. The van der Waals surface area contributed by atoms with Gasteiger partial charge in [0.2, 0.25) is 0 Å². The summed E-state index contributed by atoms with van der Waals surface area (Å²) in [5.74, 6) is 1.59. The van der Waals surface area contributed by atoms with E-state index >= 15 is 0 Å². The number of nitrogens with zero attached hydrogens (tertiary/aromatic N) is 1. The van der Waals surface area contributed by atoms with Gasteiger partial charge in [-0.15, -0.1) is 0 Å². The molecule has 2 N–H and O–H groups in total. The molecule has 1 unspecified atom stereocenters. The Bertz CT molecular complexity index is 409. The molecule has 0 bridgehead atoms. The number of nitrogens with two attached hydrogens (primary N) is 1. The van der Waals surface area contributed by atoms with Crippen LogP contribution >= 0.6 is 0 Å². The van der Waals surface area contributed by atoms with E-state index in [2.05, 4.69) is 25.9 Å². The average molecular weight is 310 g/mol. The molecule has 0 aromatic rings. The summed E-state index contributed by atoms with van der Waals surface area (Å²) in [6.07, 6.45) is 5.19.